The van der Waals surface area contributed by atoms with Crippen LogP contribution in [0.5, 0.6) is 0 Å². The number of hydrogen-bond donors (Lipinski definition) is 3. The van der Waals surface area contributed by atoms with Gasteiger partial charge in [-0.25, -0.2) is 17.9 Å². The molecule has 0 saturated heterocycles. The summed E-state index contributed by atoms with van der Waals surface area (Å²) in [5.41, 5.74) is 5.11. The van der Waals surface area contributed by atoms with E-state index in [-0.39, 0.29) is 4.90 Å². The minimum atomic E-state index is -4.05. The number of rotatable bonds is 2. The smallest absolute Gasteiger partial charge is 0.335 e. The Kier molecular flexibility index (Phi) is 4.68. The van der Waals surface area contributed by atoms with E-state index in [1.165, 1.54) is 30.5 Å². The summed E-state index contributed by atoms with van der Waals surface area (Å²) in [7, 11) is -4.05. The topological polar surface area (TPSA) is 137 Å². The SMILES string of the molecule is N#CN=C(N)NC(=O)NS(=O)(=O)c1ccc(Cl)cc1. The average Bonchev–Trinajstić information content (AvgIpc) is 2.28. The third-order valence-electron chi connectivity index (χ3n) is 1.76. The van der Waals surface area contributed by atoms with Gasteiger partial charge in [0.2, 0.25) is 12.2 Å². The number of guanidine groups is 1. The molecule has 1 aromatic rings. The van der Waals surface area contributed by atoms with E-state index >= 15 is 0 Å². The highest BCUT2D eigenvalue weighted by molar-refractivity contribution is 7.90. The van der Waals surface area contributed by atoms with Gasteiger partial charge in [0.05, 0.1) is 4.90 Å². The molecule has 0 unspecified atom stereocenters. The molecule has 8 nitrogen and oxygen atoms in total. The van der Waals surface area contributed by atoms with Crippen molar-refractivity contribution in [2.75, 3.05) is 0 Å². The molecule has 0 aliphatic heterocycles. The zero-order valence-electron chi connectivity index (χ0n) is 9.29. The molecule has 1 aromatic carbocycles. The highest BCUT2D eigenvalue weighted by Crippen LogP contribution is 2.13. The van der Waals surface area contributed by atoms with Crippen LogP contribution >= 0.6 is 11.6 Å². The predicted molar refractivity (Wildman–Crippen MR) is 67.5 cm³/mol. The second-order valence-electron chi connectivity index (χ2n) is 3.11. The van der Waals surface area contributed by atoms with Crippen LogP contribution in [0.3, 0.4) is 0 Å². The summed E-state index contributed by atoms with van der Waals surface area (Å²) in [6.07, 6.45) is 1.33. The molecule has 0 saturated carbocycles. The minimum Gasteiger partial charge on any atom is -0.369 e. The van der Waals surface area contributed by atoms with Crippen molar-refractivity contribution in [3.63, 3.8) is 0 Å². The first-order valence-corrected chi connectivity index (χ1v) is 6.53. The highest BCUT2D eigenvalue weighted by atomic mass is 35.5. The van der Waals surface area contributed by atoms with Gasteiger partial charge in [-0.05, 0) is 24.3 Å². The van der Waals surface area contributed by atoms with Crippen molar-refractivity contribution in [2.45, 2.75) is 4.90 Å². The predicted octanol–water partition coefficient (Wildman–Crippen LogP) is 0.124. The Hall–Kier alpha value is -2.31. The van der Waals surface area contributed by atoms with Gasteiger partial charge in [0.15, 0.2) is 0 Å². The number of halogens is 1. The molecule has 4 N–H and O–H groups in total. The number of carbonyl (C=O) groups is 1. The number of aliphatic imine (C=N–C) groups is 1. The van der Waals surface area contributed by atoms with E-state index in [0.717, 1.165) is 0 Å². The van der Waals surface area contributed by atoms with E-state index in [2.05, 4.69) is 4.99 Å². The summed E-state index contributed by atoms with van der Waals surface area (Å²) < 4.78 is 25.2. The lowest BCUT2D eigenvalue weighted by atomic mass is 10.4. The zero-order chi connectivity index (χ0) is 14.5. The van der Waals surface area contributed by atoms with Gasteiger partial charge in [0, 0.05) is 5.02 Å². The number of nitrogens with one attached hydrogen (secondary N) is 2. The van der Waals surface area contributed by atoms with Crippen molar-refractivity contribution >= 4 is 33.6 Å². The van der Waals surface area contributed by atoms with Crippen molar-refractivity contribution in [2.24, 2.45) is 10.7 Å². The molecule has 0 aliphatic carbocycles. The van der Waals surface area contributed by atoms with Crippen molar-refractivity contribution < 1.29 is 13.2 Å². The van der Waals surface area contributed by atoms with Crippen LogP contribution in [0.4, 0.5) is 4.79 Å². The molecular weight excluding hydrogens is 294 g/mol. The number of sulfonamides is 1. The molecule has 0 radical (unpaired) electrons. The van der Waals surface area contributed by atoms with Gasteiger partial charge in [-0.1, -0.05) is 11.6 Å². The summed E-state index contributed by atoms with van der Waals surface area (Å²) in [6, 6.07) is 4.04. The molecule has 0 heterocycles. The van der Waals surface area contributed by atoms with Gasteiger partial charge in [0.25, 0.3) is 10.0 Å². The second kappa shape index (κ2) is 6.03. The van der Waals surface area contributed by atoms with Gasteiger partial charge in [-0.2, -0.15) is 5.26 Å². The first kappa shape index (κ1) is 14.7. The number of nitrogens with zero attached hydrogens (tertiary/aromatic N) is 2. The lowest BCUT2D eigenvalue weighted by molar-refractivity contribution is 0.250. The first-order chi connectivity index (χ1) is 8.85. The molecule has 10 heteroatoms. The molecule has 1 rings (SSSR count). The molecule has 100 valence electrons. The number of urea groups is 1. The van der Waals surface area contributed by atoms with Crippen LogP contribution < -0.4 is 15.8 Å². The largest absolute Gasteiger partial charge is 0.369 e. The molecule has 0 aliphatic rings. The van der Waals surface area contributed by atoms with E-state index in [4.69, 9.17) is 22.6 Å². The fourth-order valence-corrected chi connectivity index (χ4v) is 2.05. The summed E-state index contributed by atoms with van der Waals surface area (Å²) in [4.78, 5) is 14.1. The van der Waals surface area contributed by atoms with Crippen LogP contribution in [0.15, 0.2) is 34.2 Å². The highest BCUT2D eigenvalue weighted by Gasteiger charge is 2.17. The Morgan fingerprint density at radius 1 is 1.37 bits per heavy atom. The molecule has 0 aromatic heterocycles. The van der Waals surface area contributed by atoms with Crippen LogP contribution in [0.1, 0.15) is 0 Å². The van der Waals surface area contributed by atoms with Crippen molar-refractivity contribution in [1.29, 1.82) is 5.26 Å². The monoisotopic (exact) mass is 301 g/mol. The van der Waals surface area contributed by atoms with E-state index in [9.17, 15) is 13.2 Å². The van der Waals surface area contributed by atoms with Gasteiger partial charge >= 0.3 is 6.03 Å². The lowest BCUT2D eigenvalue weighted by Crippen LogP contribution is -2.45. The van der Waals surface area contributed by atoms with Crippen LogP contribution in [0.25, 0.3) is 0 Å². The molecule has 0 fully saturated rings. The number of benzene rings is 1. The maximum atomic E-state index is 11.7. The third-order valence-corrected chi connectivity index (χ3v) is 3.36. The maximum Gasteiger partial charge on any atom is 0.335 e. The quantitative estimate of drug-likeness (QED) is 0.405. The van der Waals surface area contributed by atoms with Gasteiger partial charge in [0.1, 0.15) is 0 Å². The number of carbonyl (C=O) groups excluding carboxylic acids is 1. The fraction of sp³-hybridized carbons (Fsp3) is 0. The first-order valence-electron chi connectivity index (χ1n) is 4.67. The normalized spacial score (nSPS) is 11.5. The maximum absolute atomic E-state index is 11.7. The van der Waals surface area contributed by atoms with Crippen molar-refractivity contribution in [1.82, 2.24) is 10.0 Å². The van der Waals surface area contributed by atoms with Gasteiger partial charge in [-0.15, -0.1) is 4.99 Å². The van der Waals surface area contributed by atoms with Crippen LogP contribution in [0, 0.1) is 11.5 Å². The van der Waals surface area contributed by atoms with Crippen molar-refractivity contribution in [3.05, 3.63) is 29.3 Å². The third kappa shape index (κ3) is 4.46. The van der Waals surface area contributed by atoms with E-state index < -0.39 is 22.0 Å². The molecule has 19 heavy (non-hydrogen) atoms. The van der Waals surface area contributed by atoms with Crippen molar-refractivity contribution in [3.8, 4) is 6.19 Å². The molecular formula is C9H8ClN5O3S. The second-order valence-corrected chi connectivity index (χ2v) is 5.23. The minimum absolute atomic E-state index is 0.150. The lowest BCUT2D eigenvalue weighted by Gasteiger charge is -2.07. The van der Waals surface area contributed by atoms with E-state index in [1.54, 1.807) is 4.72 Å². The molecule has 0 spiro atoms. The summed E-state index contributed by atoms with van der Waals surface area (Å²) in [5.74, 6) is -0.522. The zero-order valence-corrected chi connectivity index (χ0v) is 10.9. The standard InChI is InChI=1S/C9H8ClN5O3S/c10-6-1-3-7(4-2-6)19(17,18)15-9(16)14-8(12)13-5-11/h1-4H,(H4,12,13,14,15,16). The fourth-order valence-electron chi connectivity index (χ4n) is 1.02. The average molecular weight is 302 g/mol. The molecule has 0 atom stereocenters. The number of amides is 2. The molecule has 0 bridgehead atoms. The number of nitriles is 1. The van der Waals surface area contributed by atoms with Crippen LogP contribution in [0.2, 0.25) is 5.02 Å². The van der Waals surface area contributed by atoms with E-state index in [0.29, 0.717) is 5.02 Å². The Bertz CT molecular complexity index is 647. The van der Waals surface area contributed by atoms with Crippen LogP contribution in [-0.4, -0.2) is 20.4 Å². The summed E-state index contributed by atoms with van der Waals surface area (Å²) in [6.45, 7) is 0. The van der Waals surface area contributed by atoms with E-state index in [1.807, 2.05) is 5.32 Å². The Morgan fingerprint density at radius 2 is 1.95 bits per heavy atom. The summed E-state index contributed by atoms with van der Waals surface area (Å²) >= 11 is 5.61. The number of nitrogens with two attached hydrogens (primary N) is 1. The van der Waals surface area contributed by atoms with Gasteiger partial charge < -0.3 is 5.73 Å². The van der Waals surface area contributed by atoms with Gasteiger partial charge in [-0.3, -0.25) is 5.32 Å². The van der Waals surface area contributed by atoms with Crippen LogP contribution in [-0.2, 0) is 10.0 Å². The molecule has 2 amide bonds. The Morgan fingerprint density at radius 3 is 2.47 bits per heavy atom. The summed E-state index contributed by atoms with van der Waals surface area (Å²) in [5, 5.41) is 10.4. The Balaban J connectivity index is 2.81. The number of hydrogen-bond acceptors (Lipinski definition) is 5. The Labute approximate surface area is 113 Å².